The summed E-state index contributed by atoms with van der Waals surface area (Å²) in [4.78, 5) is 32.9. The Kier molecular flexibility index (Phi) is 5.97. The molecule has 27 heavy (non-hydrogen) atoms. The zero-order valence-corrected chi connectivity index (χ0v) is 14.8. The lowest BCUT2D eigenvalue weighted by Crippen LogP contribution is -2.49. The van der Waals surface area contributed by atoms with Gasteiger partial charge in [-0.15, -0.1) is 0 Å². The smallest absolute Gasteiger partial charge is 0.252 e. The van der Waals surface area contributed by atoms with E-state index in [0.29, 0.717) is 42.3 Å². The highest BCUT2D eigenvalue weighted by molar-refractivity contribution is 6.00. The molecule has 0 saturated carbocycles. The van der Waals surface area contributed by atoms with Crippen molar-refractivity contribution in [2.24, 2.45) is 5.73 Å². The van der Waals surface area contributed by atoms with Gasteiger partial charge in [-0.25, -0.2) is 4.98 Å². The molecule has 0 aliphatic carbocycles. The normalized spacial score (nSPS) is 19.0. The number of fused-ring (bicyclic) bond motifs is 4. The van der Waals surface area contributed by atoms with Gasteiger partial charge in [-0.1, -0.05) is 24.6 Å². The van der Waals surface area contributed by atoms with Gasteiger partial charge in [-0.2, -0.15) is 4.98 Å². The molecule has 1 aromatic heterocycles. The van der Waals surface area contributed by atoms with Crippen LogP contribution in [0.25, 0.3) is 11.4 Å². The van der Waals surface area contributed by atoms with Crippen molar-refractivity contribution in [3.8, 4) is 17.3 Å². The maximum absolute atomic E-state index is 12.8. The number of hydrogen-bond acceptors (Lipinski definition) is 6. The molecule has 2 heterocycles. The van der Waals surface area contributed by atoms with Crippen molar-refractivity contribution in [3.05, 3.63) is 42.1 Å². The summed E-state index contributed by atoms with van der Waals surface area (Å²) >= 11 is 0. The van der Waals surface area contributed by atoms with E-state index in [0.717, 1.165) is 12.8 Å². The van der Waals surface area contributed by atoms with Gasteiger partial charge in [0.1, 0.15) is 0 Å². The van der Waals surface area contributed by atoms with Gasteiger partial charge in [0.2, 0.25) is 11.8 Å². The minimum atomic E-state index is -1.45. The van der Waals surface area contributed by atoms with Gasteiger partial charge in [0.15, 0.2) is 11.9 Å². The van der Waals surface area contributed by atoms with E-state index >= 15 is 0 Å². The SMILES string of the molecule is NC(=O)C(O)[C@@H]1CCCCCOc2ccnc(n2)-c2ccccc2C(=O)N1. The van der Waals surface area contributed by atoms with Gasteiger partial charge >= 0.3 is 0 Å². The van der Waals surface area contributed by atoms with Crippen LogP contribution in [0.5, 0.6) is 5.88 Å². The average molecular weight is 370 g/mol. The minimum absolute atomic E-state index is 0.341. The van der Waals surface area contributed by atoms with E-state index in [9.17, 15) is 14.7 Å². The van der Waals surface area contributed by atoms with Gasteiger partial charge in [-0.05, 0) is 25.3 Å². The van der Waals surface area contributed by atoms with Crippen LogP contribution in [-0.4, -0.2) is 45.6 Å². The first kappa shape index (κ1) is 18.8. The second-order valence-electron chi connectivity index (χ2n) is 6.39. The standard InChI is InChI=1S/C19H22N4O4/c20-17(25)16(24)14-8-2-1-5-11-27-15-9-10-21-18(23-15)12-6-3-4-7-13(12)19(26)22-14/h3-4,6-7,9-10,14,16,24H,1-2,5,8,11H2,(H2,20,25)(H,22,26)/t14-,16?/m0/s1. The van der Waals surface area contributed by atoms with Crippen LogP contribution in [0.2, 0.25) is 0 Å². The molecule has 1 aliphatic rings. The number of ether oxygens (including phenoxy) is 1. The van der Waals surface area contributed by atoms with Crippen LogP contribution in [0, 0.1) is 0 Å². The van der Waals surface area contributed by atoms with Crippen LogP contribution >= 0.6 is 0 Å². The molecule has 8 nitrogen and oxygen atoms in total. The fourth-order valence-corrected chi connectivity index (χ4v) is 3.00. The Labute approximate surface area is 156 Å². The van der Waals surface area contributed by atoms with Gasteiger partial charge in [0.25, 0.3) is 5.91 Å². The highest BCUT2D eigenvalue weighted by atomic mass is 16.5. The molecule has 2 amide bonds. The largest absolute Gasteiger partial charge is 0.478 e. The number of hydrogen-bond donors (Lipinski definition) is 3. The molecule has 2 aromatic rings. The van der Waals surface area contributed by atoms with Gasteiger partial charge < -0.3 is 20.9 Å². The molecule has 0 spiro atoms. The molecular formula is C19H22N4O4. The molecule has 1 aromatic carbocycles. The Morgan fingerprint density at radius 3 is 2.78 bits per heavy atom. The highest BCUT2D eigenvalue weighted by Crippen LogP contribution is 2.23. The predicted octanol–water partition coefficient (Wildman–Crippen LogP) is 1.04. The first-order chi connectivity index (χ1) is 13.1. The predicted molar refractivity (Wildman–Crippen MR) is 97.9 cm³/mol. The van der Waals surface area contributed by atoms with Gasteiger partial charge in [-0.3, -0.25) is 9.59 Å². The number of primary amides is 1. The molecule has 0 radical (unpaired) electrons. The lowest BCUT2D eigenvalue weighted by Gasteiger charge is -2.23. The van der Waals surface area contributed by atoms with E-state index in [2.05, 4.69) is 15.3 Å². The summed E-state index contributed by atoms with van der Waals surface area (Å²) < 4.78 is 5.67. The summed E-state index contributed by atoms with van der Waals surface area (Å²) in [6, 6.07) is 7.79. The molecule has 142 valence electrons. The second-order valence-corrected chi connectivity index (χ2v) is 6.39. The molecular weight excluding hydrogens is 348 g/mol. The summed E-state index contributed by atoms with van der Waals surface area (Å²) in [6.07, 6.45) is 2.85. The van der Waals surface area contributed by atoms with E-state index in [-0.39, 0.29) is 0 Å². The molecule has 3 rings (SSSR count). The summed E-state index contributed by atoms with van der Waals surface area (Å²) in [6.45, 7) is 0.494. The Bertz CT molecular complexity index is 827. The number of carbonyl (C=O) groups excluding carboxylic acids is 2. The maximum atomic E-state index is 12.8. The topological polar surface area (TPSA) is 127 Å². The molecule has 4 N–H and O–H groups in total. The average Bonchev–Trinajstić information content (AvgIpc) is 2.68. The second kappa shape index (κ2) is 8.59. The molecule has 1 unspecified atom stereocenters. The van der Waals surface area contributed by atoms with E-state index < -0.39 is 24.0 Å². The molecule has 2 atom stereocenters. The van der Waals surface area contributed by atoms with Crippen molar-refractivity contribution < 1.29 is 19.4 Å². The number of nitrogens with zero attached hydrogens (tertiary/aromatic N) is 2. The third kappa shape index (κ3) is 4.59. The molecule has 2 bridgehead atoms. The summed E-state index contributed by atoms with van der Waals surface area (Å²) in [5.74, 6) is -0.478. The fraction of sp³-hybridized carbons (Fsp3) is 0.368. The maximum Gasteiger partial charge on any atom is 0.252 e. The zero-order valence-electron chi connectivity index (χ0n) is 14.8. The third-order valence-electron chi connectivity index (χ3n) is 4.44. The Morgan fingerprint density at radius 2 is 2.00 bits per heavy atom. The van der Waals surface area contributed by atoms with Crippen LogP contribution < -0.4 is 15.8 Å². The number of benzene rings is 1. The first-order valence-corrected chi connectivity index (χ1v) is 8.90. The molecule has 8 heteroatoms. The third-order valence-corrected chi connectivity index (χ3v) is 4.44. The Morgan fingerprint density at radius 1 is 1.22 bits per heavy atom. The Hall–Kier alpha value is -3.00. The molecule has 0 fully saturated rings. The van der Waals surface area contributed by atoms with Crippen LogP contribution in [-0.2, 0) is 4.79 Å². The van der Waals surface area contributed by atoms with E-state index in [1.165, 1.54) is 0 Å². The van der Waals surface area contributed by atoms with Crippen LogP contribution in [0.3, 0.4) is 0 Å². The van der Waals surface area contributed by atoms with Crippen molar-refractivity contribution in [1.29, 1.82) is 0 Å². The Balaban J connectivity index is 1.98. The monoisotopic (exact) mass is 370 g/mol. The van der Waals surface area contributed by atoms with E-state index in [4.69, 9.17) is 10.5 Å². The summed E-state index contributed by atoms with van der Waals surface area (Å²) in [5.41, 5.74) is 6.10. The van der Waals surface area contributed by atoms with Gasteiger partial charge in [0, 0.05) is 17.8 Å². The van der Waals surface area contributed by atoms with Crippen molar-refractivity contribution in [2.45, 2.75) is 37.8 Å². The first-order valence-electron chi connectivity index (χ1n) is 8.90. The number of aromatic nitrogens is 2. The van der Waals surface area contributed by atoms with E-state index in [1.807, 2.05) is 0 Å². The lowest BCUT2D eigenvalue weighted by molar-refractivity contribution is -0.127. The zero-order chi connectivity index (χ0) is 19.2. The van der Waals surface area contributed by atoms with E-state index in [1.54, 1.807) is 36.5 Å². The number of nitrogens with two attached hydrogens (primary N) is 1. The number of aliphatic hydroxyl groups excluding tert-OH is 1. The number of aliphatic hydroxyl groups is 1. The molecule has 0 saturated heterocycles. The van der Waals surface area contributed by atoms with Gasteiger partial charge in [0.05, 0.1) is 18.2 Å². The van der Waals surface area contributed by atoms with Crippen molar-refractivity contribution in [2.75, 3.05) is 6.61 Å². The minimum Gasteiger partial charge on any atom is -0.478 e. The summed E-state index contributed by atoms with van der Waals surface area (Å²) in [5, 5.41) is 12.8. The lowest BCUT2D eigenvalue weighted by atomic mass is 10.0. The number of carbonyl (C=O) groups is 2. The fourth-order valence-electron chi connectivity index (χ4n) is 3.00. The summed E-state index contributed by atoms with van der Waals surface area (Å²) in [7, 11) is 0. The van der Waals surface area contributed by atoms with Crippen LogP contribution in [0.4, 0.5) is 0 Å². The van der Waals surface area contributed by atoms with Crippen LogP contribution in [0.1, 0.15) is 36.0 Å². The van der Waals surface area contributed by atoms with Crippen molar-refractivity contribution >= 4 is 11.8 Å². The number of rotatable bonds is 2. The van der Waals surface area contributed by atoms with Crippen LogP contribution in [0.15, 0.2) is 36.5 Å². The number of amides is 2. The quantitative estimate of drug-likeness (QED) is 0.725. The highest BCUT2D eigenvalue weighted by Gasteiger charge is 2.27. The van der Waals surface area contributed by atoms with Crippen molar-refractivity contribution in [3.63, 3.8) is 0 Å². The van der Waals surface area contributed by atoms with Crippen molar-refractivity contribution in [1.82, 2.24) is 15.3 Å². The molecule has 1 aliphatic heterocycles. The number of nitrogens with one attached hydrogen (secondary N) is 1.